The van der Waals surface area contributed by atoms with Gasteiger partial charge in [0, 0.05) is 11.3 Å². The van der Waals surface area contributed by atoms with Gasteiger partial charge in [-0.25, -0.2) is 4.79 Å². The number of hydrogen-bond donors (Lipinski definition) is 1. The molecular weight excluding hydrogens is 293 g/mol. The summed E-state index contributed by atoms with van der Waals surface area (Å²) in [4.78, 5) is 10.7. The summed E-state index contributed by atoms with van der Waals surface area (Å²) in [6, 6.07) is 7.79. The predicted molar refractivity (Wildman–Crippen MR) is 74.8 cm³/mol. The largest absolute Gasteiger partial charge is 0.393 e. The van der Waals surface area contributed by atoms with Crippen LogP contribution in [-0.2, 0) is 11.2 Å². The van der Waals surface area contributed by atoms with E-state index in [4.69, 9.17) is 5.26 Å². The Kier molecular flexibility index (Phi) is 4.20. The SMILES string of the molecule is CC1=C(c2ccc(CC(F)(F)F)cc2)C=C(C#N)C(=C=O)N1. The summed E-state index contributed by atoms with van der Waals surface area (Å²) in [6.45, 7) is 1.71. The lowest BCUT2D eigenvalue weighted by Gasteiger charge is -2.18. The van der Waals surface area contributed by atoms with E-state index >= 15 is 0 Å². The van der Waals surface area contributed by atoms with Crippen molar-refractivity contribution in [2.45, 2.75) is 19.5 Å². The predicted octanol–water partition coefficient (Wildman–Crippen LogP) is 3.29. The van der Waals surface area contributed by atoms with E-state index < -0.39 is 12.6 Å². The molecule has 0 saturated heterocycles. The third kappa shape index (κ3) is 3.46. The number of benzene rings is 1. The average molecular weight is 304 g/mol. The number of dihydropyridines is 1. The first-order valence-electron chi connectivity index (χ1n) is 6.35. The number of nitrogens with one attached hydrogen (secondary N) is 1. The van der Waals surface area contributed by atoms with Crippen LogP contribution < -0.4 is 5.32 Å². The monoisotopic (exact) mass is 304 g/mol. The number of nitriles is 1. The summed E-state index contributed by atoms with van der Waals surface area (Å²) in [5.41, 5.74) is 2.28. The van der Waals surface area contributed by atoms with Crippen LogP contribution in [-0.4, -0.2) is 12.1 Å². The lowest BCUT2D eigenvalue weighted by Crippen LogP contribution is -2.18. The number of alkyl halides is 3. The quantitative estimate of drug-likeness (QED) is 0.853. The van der Waals surface area contributed by atoms with E-state index in [0.717, 1.165) is 0 Å². The van der Waals surface area contributed by atoms with Crippen LogP contribution in [0.4, 0.5) is 13.2 Å². The van der Waals surface area contributed by atoms with E-state index in [0.29, 0.717) is 16.8 Å². The molecule has 1 aromatic rings. The molecule has 1 aliphatic heterocycles. The Labute approximate surface area is 125 Å². The number of hydrogen-bond acceptors (Lipinski definition) is 3. The second-order valence-corrected chi connectivity index (χ2v) is 4.80. The van der Waals surface area contributed by atoms with Gasteiger partial charge in [0.25, 0.3) is 0 Å². The van der Waals surface area contributed by atoms with Gasteiger partial charge in [0.15, 0.2) is 5.94 Å². The van der Waals surface area contributed by atoms with Crippen molar-refractivity contribution in [3.63, 3.8) is 0 Å². The Morgan fingerprint density at radius 2 is 1.86 bits per heavy atom. The fourth-order valence-electron chi connectivity index (χ4n) is 2.15. The van der Waals surface area contributed by atoms with Crippen LogP contribution in [0.1, 0.15) is 18.1 Å². The second kappa shape index (κ2) is 5.92. The van der Waals surface area contributed by atoms with Gasteiger partial charge >= 0.3 is 6.18 Å². The van der Waals surface area contributed by atoms with Gasteiger partial charge in [0.2, 0.25) is 0 Å². The molecule has 0 amide bonds. The minimum Gasteiger partial charge on any atom is -0.348 e. The minimum atomic E-state index is -4.25. The van der Waals surface area contributed by atoms with Crippen LogP contribution in [0.3, 0.4) is 0 Å². The Bertz CT molecular complexity index is 743. The molecule has 112 valence electrons. The Morgan fingerprint density at radius 3 is 2.36 bits per heavy atom. The van der Waals surface area contributed by atoms with E-state index in [-0.39, 0.29) is 16.8 Å². The van der Waals surface area contributed by atoms with Gasteiger partial charge in [-0.3, -0.25) is 0 Å². The molecule has 0 unspecified atom stereocenters. The minimum absolute atomic E-state index is 0.0532. The third-order valence-corrected chi connectivity index (χ3v) is 3.17. The first-order valence-corrected chi connectivity index (χ1v) is 6.35. The Balaban J connectivity index is 2.35. The number of carbonyl (C=O) groups excluding carboxylic acids is 1. The third-order valence-electron chi connectivity index (χ3n) is 3.17. The zero-order valence-corrected chi connectivity index (χ0v) is 11.6. The first kappa shape index (κ1) is 15.6. The van der Waals surface area contributed by atoms with Gasteiger partial charge in [0.1, 0.15) is 11.8 Å². The summed E-state index contributed by atoms with van der Waals surface area (Å²) in [7, 11) is 0. The summed E-state index contributed by atoms with van der Waals surface area (Å²) < 4.78 is 37.0. The van der Waals surface area contributed by atoms with Crippen molar-refractivity contribution in [1.29, 1.82) is 5.26 Å². The molecule has 6 heteroatoms. The van der Waals surface area contributed by atoms with Gasteiger partial charge < -0.3 is 5.32 Å². The van der Waals surface area contributed by atoms with Gasteiger partial charge in [-0.1, -0.05) is 24.3 Å². The lowest BCUT2D eigenvalue weighted by atomic mass is 9.96. The number of halogens is 3. The normalized spacial score (nSPS) is 14.9. The van der Waals surface area contributed by atoms with Crippen LogP contribution in [0.2, 0.25) is 0 Å². The van der Waals surface area contributed by atoms with Gasteiger partial charge in [-0.2, -0.15) is 18.4 Å². The smallest absolute Gasteiger partial charge is 0.348 e. The zero-order valence-electron chi connectivity index (χ0n) is 11.6. The maximum Gasteiger partial charge on any atom is 0.393 e. The van der Waals surface area contributed by atoms with Crippen LogP contribution in [0, 0.1) is 11.3 Å². The van der Waals surface area contributed by atoms with Crippen molar-refractivity contribution >= 4 is 11.5 Å². The molecule has 1 heterocycles. The van der Waals surface area contributed by atoms with Crippen molar-refractivity contribution in [2.75, 3.05) is 0 Å². The number of rotatable bonds is 2. The molecule has 1 aromatic carbocycles. The maximum atomic E-state index is 12.3. The van der Waals surface area contributed by atoms with Crippen LogP contribution in [0.25, 0.3) is 5.57 Å². The van der Waals surface area contributed by atoms with E-state index in [1.54, 1.807) is 25.0 Å². The van der Waals surface area contributed by atoms with Crippen molar-refractivity contribution in [3.8, 4) is 6.07 Å². The standard InChI is InChI=1S/C16H11F3N2O/c1-10-14(6-13(8-20)15(9-22)21-10)12-4-2-11(3-5-12)7-16(17,18)19/h2-6,21H,7H2,1H3. The molecule has 0 bridgehead atoms. The maximum absolute atomic E-state index is 12.3. The summed E-state index contributed by atoms with van der Waals surface area (Å²) in [5.74, 6) is 1.65. The van der Waals surface area contributed by atoms with Crippen molar-refractivity contribution in [3.05, 3.63) is 58.4 Å². The number of allylic oxidation sites excluding steroid dienone is 4. The fourth-order valence-corrected chi connectivity index (χ4v) is 2.15. The molecule has 0 radical (unpaired) electrons. The van der Waals surface area contributed by atoms with Crippen LogP contribution in [0.15, 0.2) is 47.3 Å². The highest BCUT2D eigenvalue weighted by Crippen LogP contribution is 2.28. The molecule has 0 saturated carbocycles. The second-order valence-electron chi connectivity index (χ2n) is 4.80. The molecule has 0 aliphatic carbocycles. The molecule has 1 aliphatic rings. The fraction of sp³-hybridized carbons (Fsp3) is 0.188. The molecule has 0 spiro atoms. The van der Waals surface area contributed by atoms with E-state index in [1.165, 1.54) is 18.2 Å². The number of nitrogens with zero attached hydrogens (tertiary/aromatic N) is 1. The highest BCUT2D eigenvalue weighted by molar-refractivity contribution is 5.83. The molecule has 0 atom stereocenters. The summed E-state index contributed by atoms with van der Waals surface area (Å²) in [5, 5.41) is 11.8. The zero-order chi connectivity index (χ0) is 16.3. The van der Waals surface area contributed by atoms with Crippen LogP contribution in [0.5, 0.6) is 0 Å². The lowest BCUT2D eigenvalue weighted by molar-refractivity contribution is -0.127. The van der Waals surface area contributed by atoms with E-state index in [1.807, 2.05) is 6.07 Å². The topological polar surface area (TPSA) is 52.9 Å². The molecule has 0 fully saturated rings. The Morgan fingerprint density at radius 1 is 1.23 bits per heavy atom. The molecular formula is C16H11F3N2O. The van der Waals surface area contributed by atoms with E-state index in [2.05, 4.69) is 5.32 Å². The van der Waals surface area contributed by atoms with Gasteiger partial charge in [-0.15, -0.1) is 0 Å². The Hall–Kier alpha value is -2.77. The average Bonchev–Trinajstić information content (AvgIpc) is 2.46. The van der Waals surface area contributed by atoms with Crippen molar-refractivity contribution in [2.24, 2.45) is 0 Å². The van der Waals surface area contributed by atoms with Crippen LogP contribution >= 0.6 is 0 Å². The molecule has 1 N–H and O–H groups in total. The van der Waals surface area contributed by atoms with Gasteiger partial charge in [0.05, 0.1) is 12.0 Å². The molecule has 22 heavy (non-hydrogen) atoms. The molecule has 0 aromatic heterocycles. The molecule has 2 rings (SSSR count). The van der Waals surface area contributed by atoms with Crippen molar-refractivity contribution < 1.29 is 18.0 Å². The van der Waals surface area contributed by atoms with Gasteiger partial charge in [-0.05, 0) is 24.1 Å². The van der Waals surface area contributed by atoms with E-state index in [9.17, 15) is 18.0 Å². The highest BCUT2D eigenvalue weighted by atomic mass is 19.4. The first-order chi connectivity index (χ1) is 10.3. The molecule has 3 nitrogen and oxygen atoms in total. The highest BCUT2D eigenvalue weighted by Gasteiger charge is 2.27. The summed E-state index contributed by atoms with van der Waals surface area (Å²) >= 11 is 0. The van der Waals surface area contributed by atoms with Crippen molar-refractivity contribution in [1.82, 2.24) is 5.32 Å². The summed E-state index contributed by atoms with van der Waals surface area (Å²) in [6.07, 6.45) is -3.72.